The van der Waals surface area contributed by atoms with E-state index in [9.17, 15) is 4.79 Å². The van der Waals surface area contributed by atoms with Crippen molar-refractivity contribution < 1.29 is 9.53 Å². The van der Waals surface area contributed by atoms with E-state index in [1.807, 2.05) is 30.3 Å². The number of amides is 1. The van der Waals surface area contributed by atoms with Crippen molar-refractivity contribution in [3.63, 3.8) is 0 Å². The molecule has 1 aromatic heterocycles. The molecule has 2 aromatic rings. The van der Waals surface area contributed by atoms with E-state index < -0.39 is 0 Å². The van der Waals surface area contributed by atoms with Crippen LogP contribution in [0, 0.1) is 11.3 Å². The van der Waals surface area contributed by atoms with E-state index >= 15 is 0 Å². The molecule has 2 heterocycles. The van der Waals surface area contributed by atoms with E-state index in [0.717, 1.165) is 11.3 Å². The van der Waals surface area contributed by atoms with Gasteiger partial charge in [-0.2, -0.15) is 5.26 Å². The molecule has 0 spiro atoms. The van der Waals surface area contributed by atoms with Crippen LogP contribution in [0.3, 0.4) is 0 Å². The molecule has 0 aliphatic carbocycles. The van der Waals surface area contributed by atoms with Crippen LogP contribution in [-0.2, 0) is 23.0 Å². The van der Waals surface area contributed by atoms with Crippen molar-refractivity contribution in [3.8, 4) is 6.07 Å². The number of ether oxygens (including phenoxy) is 1. The lowest BCUT2D eigenvalue weighted by atomic mass is 10.0. The topological polar surface area (TPSA) is 84.0 Å². The predicted octanol–water partition coefficient (Wildman–Crippen LogP) is 1.26. The van der Waals surface area contributed by atoms with Crippen LogP contribution in [0.15, 0.2) is 30.5 Å². The maximum absolute atomic E-state index is 12.6. The first-order valence-electron chi connectivity index (χ1n) is 8.26. The average Bonchev–Trinajstić information content (AvgIpc) is 3.26. The van der Waals surface area contributed by atoms with Gasteiger partial charge in [-0.25, -0.2) is 0 Å². The van der Waals surface area contributed by atoms with Crippen LogP contribution in [0.5, 0.6) is 0 Å². The number of nitrogens with zero attached hydrogens (tertiary/aromatic N) is 5. The van der Waals surface area contributed by atoms with E-state index in [1.165, 1.54) is 0 Å². The highest BCUT2D eigenvalue weighted by Crippen LogP contribution is 2.28. The number of aromatic nitrogens is 3. The summed E-state index contributed by atoms with van der Waals surface area (Å²) in [6, 6.07) is 9.45. The fraction of sp³-hybridized carbons (Fsp3) is 0.444. The van der Waals surface area contributed by atoms with Gasteiger partial charge in [-0.05, 0) is 24.1 Å². The third-order valence-corrected chi connectivity index (χ3v) is 4.63. The number of likely N-dealkylation sites (tertiary alicyclic amines) is 1. The normalized spacial score (nSPS) is 19.8. The molecule has 1 amide bonds. The number of hydrogen-bond acceptors (Lipinski definition) is 5. The summed E-state index contributed by atoms with van der Waals surface area (Å²) in [4.78, 5) is 14.4. The maximum Gasteiger partial charge on any atom is 0.223 e. The second kappa shape index (κ2) is 7.45. The van der Waals surface area contributed by atoms with Crippen molar-refractivity contribution in [2.45, 2.75) is 24.9 Å². The number of rotatable bonds is 5. The van der Waals surface area contributed by atoms with Gasteiger partial charge in [0.15, 0.2) is 0 Å². The minimum absolute atomic E-state index is 0.0533. The van der Waals surface area contributed by atoms with Gasteiger partial charge in [-0.1, -0.05) is 17.3 Å². The molecule has 0 saturated carbocycles. The molecule has 1 aliphatic heterocycles. The molecule has 7 nitrogen and oxygen atoms in total. The largest absolute Gasteiger partial charge is 0.379 e. The lowest BCUT2D eigenvalue weighted by Gasteiger charge is -2.15. The number of aryl methyl sites for hydroxylation is 2. The molecule has 1 fully saturated rings. The third-order valence-electron chi connectivity index (χ3n) is 4.63. The quantitative estimate of drug-likeness (QED) is 0.819. The number of nitriles is 1. The Hall–Kier alpha value is -2.72. The molecule has 130 valence electrons. The summed E-state index contributed by atoms with van der Waals surface area (Å²) in [5.41, 5.74) is 2.54. The van der Waals surface area contributed by atoms with Gasteiger partial charge in [0.2, 0.25) is 5.91 Å². The van der Waals surface area contributed by atoms with Crippen LogP contribution in [0.25, 0.3) is 0 Å². The second-order valence-corrected chi connectivity index (χ2v) is 6.31. The molecule has 0 N–H and O–H groups in total. The number of benzene rings is 1. The zero-order valence-corrected chi connectivity index (χ0v) is 14.4. The van der Waals surface area contributed by atoms with Crippen molar-refractivity contribution in [2.24, 2.45) is 7.05 Å². The minimum Gasteiger partial charge on any atom is -0.379 e. The van der Waals surface area contributed by atoms with E-state index in [-0.39, 0.29) is 17.9 Å². The zero-order valence-electron chi connectivity index (χ0n) is 14.4. The summed E-state index contributed by atoms with van der Waals surface area (Å²) >= 11 is 0. The fourth-order valence-corrected chi connectivity index (χ4v) is 3.19. The second-order valence-electron chi connectivity index (χ2n) is 6.31. The predicted molar refractivity (Wildman–Crippen MR) is 90.6 cm³/mol. The lowest BCUT2D eigenvalue weighted by molar-refractivity contribution is -0.130. The average molecular weight is 339 g/mol. The van der Waals surface area contributed by atoms with Gasteiger partial charge >= 0.3 is 0 Å². The van der Waals surface area contributed by atoms with Gasteiger partial charge in [-0.3, -0.25) is 9.48 Å². The van der Waals surface area contributed by atoms with Crippen LogP contribution < -0.4 is 0 Å². The summed E-state index contributed by atoms with van der Waals surface area (Å²) in [7, 11) is 3.49. The molecule has 0 bridgehead atoms. The van der Waals surface area contributed by atoms with Crippen molar-refractivity contribution >= 4 is 5.91 Å². The molecule has 1 aromatic carbocycles. The zero-order chi connectivity index (χ0) is 17.8. The molecular formula is C18H21N5O2. The van der Waals surface area contributed by atoms with Gasteiger partial charge in [0.05, 0.1) is 29.3 Å². The Balaban J connectivity index is 1.59. The highest BCUT2D eigenvalue weighted by Gasteiger charge is 2.37. The number of carbonyl (C=O) groups excluding carboxylic acids is 1. The Morgan fingerprint density at radius 1 is 1.36 bits per heavy atom. The molecule has 0 radical (unpaired) electrons. The highest BCUT2D eigenvalue weighted by atomic mass is 16.5. The van der Waals surface area contributed by atoms with Crippen molar-refractivity contribution in [1.82, 2.24) is 19.9 Å². The fourth-order valence-electron chi connectivity index (χ4n) is 3.19. The van der Waals surface area contributed by atoms with E-state index in [1.54, 1.807) is 23.9 Å². The smallest absolute Gasteiger partial charge is 0.223 e. The summed E-state index contributed by atoms with van der Waals surface area (Å²) in [6.07, 6.45) is 2.92. The van der Waals surface area contributed by atoms with Gasteiger partial charge in [-0.15, -0.1) is 5.10 Å². The van der Waals surface area contributed by atoms with Gasteiger partial charge < -0.3 is 9.64 Å². The van der Waals surface area contributed by atoms with Crippen LogP contribution in [0.2, 0.25) is 0 Å². The first-order chi connectivity index (χ1) is 12.1. The molecule has 7 heteroatoms. The van der Waals surface area contributed by atoms with Gasteiger partial charge in [0.25, 0.3) is 0 Å². The van der Waals surface area contributed by atoms with Crippen molar-refractivity contribution in [2.75, 3.05) is 20.2 Å². The third kappa shape index (κ3) is 3.86. The monoisotopic (exact) mass is 339 g/mol. The molecule has 25 heavy (non-hydrogen) atoms. The van der Waals surface area contributed by atoms with Gasteiger partial charge in [0, 0.05) is 39.9 Å². The van der Waals surface area contributed by atoms with Crippen molar-refractivity contribution in [1.29, 1.82) is 5.26 Å². The van der Waals surface area contributed by atoms with E-state index in [4.69, 9.17) is 10.00 Å². The highest BCUT2D eigenvalue weighted by molar-refractivity contribution is 5.77. The molecule has 2 atom stereocenters. The number of carbonyl (C=O) groups is 1. The Morgan fingerprint density at radius 2 is 2.12 bits per heavy atom. The Kier molecular flexibility index (Phi) is 5.10. The minimum atomic E-state index is -0.0597. The summed E-state index contributed by atoms with van der Waals surface area (Å²) in [5.74, 6) is 0.162. The maximum atomic E-state index is 12.6. The summed E-state index contributed by atoms with van der Waals surface area (Å²) in [5, 5.41) is 17.0. The molecular weight excluding hydrogens is 318 g/mol. The standard InChI is InChI=1S/C18H21N5O2/c1-22-11-16(20-21-22)15-10-23(12-17(15)25-2)18(24)8-7-13-3-5-14(9-19)6-4-13/h3-6,11,15,17H,7-8,10,12H2,1-2H3/t15-,17+/m0/s1. The molecule has 1 aliphatic rings. The lowest BCUT2D eigenvalue weighted by Crippen LogP contribution is -2.30. The summed E-state index contributed by atoms with van der Waals surface area (Å²) in [6.45, 7) is 1.17. The first kappa shape index (κ1) is 17.1. The van der Waals surface area contributed by atoms with Crippen molar-refractivity contribution in [3.05, 3.63) is 47.3 Å². The number of hydrogen-bond donors (Lipinski definition) is 0. The van der Waals surface area contributed by atoms with Crippen LogP contribution in [0.1, 0.15) is 29.2 Å². The van der Waals surface area contributed by atoms with E-state index in [0.29, 0.717) is 31.5 Å². The Morgan fingerprint density at radius 3 is 2.72 bits per heavy atom. The summed E-state index contributed by atoms with van der Waals surface area (Å²) < 4.78 is 7.22. The Labute approximate surface area is 146 Å². The number of methoxy groups -OCH3 is 1. The van der Waals surface area contributed by atoms with Crippen LogP contribution >= 0.6 is 0 Å². The van der Waals surface area contributed by atoms with Gasteiger partial charge in [0.1, 0.15) is 0 Å². The molecule has 1 saturated heterocycles. The van der Waals surface area contributed by atoms with Crippen LogP contribution in [-0.4, -0.2) is 52.1 Å². The molecule has 3 rings (SSSR count). The SMILES string of the molecule is CO[C@@H]1CN(C(=O)CCc2ccc(C#N)cc2)C[C@H]1c1cn(C)nn1. The molecule has 0 unspecified atom stereocenters. The van der Waals surface area contributed by atoms with E-state index in [2.05, 4.69) is 16.4 Å². The Bertz CT molecular complexity index is 778. The first-order valence-corrected chi connectivity index (χ1v) is 8.26. The van der Waals surface area contributed by atoms with Crippen LogP contribution in [0.4, 0.5) is 0 Å².